The molecule has 0 amide bonds. The molecule has 1 atom stereocenters. The second kappa shape index (κ2) is 7.47. The van der Waals surface area contributed by atoms with E-state index in [4.69, 9.17) is 9.26 Å². The van der Waals surface area contributed by atoms with Gasteiger partial charge in [-0.2, -0.15) is 4.98 Å². The summed E-state index contributed by atoms with van der Waals surface area (Å²) < 4.78 is 11.1. The zero-order valence-corrected chi connectivity index (χ0v) is 12.9. The highest BCUT2D eigenvalue weighted by atomic mass is 16.5. The van der Waals surface area contributed by atoms with E-state index in [1.807, 2.05) is 25.3 Å². The van der Waals surface area contributed by atoms with Crippen molar-refractivity contribution in [3.8, 4) is 0 Å². The van der Waals surface area contributed by atoms with Crippen molar-refractivity contribution in [1.29, 1.82) is 0 Å². The van der Waals surface area contributed by atoms with Crippen LogP contribution in [0.25, 0.3) is 0 Å². The lowest BCUT2D eigenvalue weighted by Crippen LogP contribution is -2.39. The Morgan fingerprint density at radius 2 is 2.36 bits per heavy atom. The Balaban J connectivity index is 1.48. The van der Waals surface area contributed by atoms with Gasteiger partial charge in [0, 0.05) is 25.7 Å². The Hall–Kier alpha value is -1.79. The van der Waals surface area contributed by atoms with E-state index in [1.165, 1.54) is 0 Å². The zero-order chi connectivity index (χ0) is 15.2. The first-order valence-electron chi connectivity index (χ1n) is 7.89. The average Bonchev–Trinajstić information content (AvgIpc) is 3.02. The Morgan fingerprint density at radius 1 is 1.41 bits per heavy atom. The van der Waals surface area contributed by atoms with Gasteiger partial charge in [0.25, 0.3) is 5.89 Å². The number of ether oxygens (including phenoxy) is 1. The van der Waals surface area contributed by atoms with Crippen LogP contribution in [0.3, 0.4) is 0 Å². The van der Waals surface area contributed by atoms with Crippen LogP contribution < -0.4 is 0 Å². The molecular formula is C16H22N4O2. The third-order valence-corrected chi connectivity index (χ3v) is 3.84. The molecule has 0 radical (unpaired) electrons. The summed E-state index contributed by atoms with van der Waals surface area (Å²) in [6.45, 7) is 5.30. The Morgan fingerprint density at radius 3 is 3.14 bits per heavy atom. The number of likely N-dealkylation sites (tertiary alicyclic amines) is 1. The fourth-order valence-corrected chi connectivity index (χ4v) is 2.70. The van der Waals surface area contributed by atoms with Gasteiger partial charge in [-0.1, -0.05) is 18.1 Å². The number of nitrogens with zero attached hydrogens (tertiary/aromatic N) is 4. The van der Waals surface area contributed by atoms with E-state index in [2.05, 4.69) is 26.1 Å². The number of rotatable bonds is 6. The van der Waals surface area contributed by atoms with Gasteiger partial charge in [0.05, 0.1) is 11.8 Å². The van der Waals surface area contributed by atoms with Crippen LogP contribution >= 0.6 is 0 Å². The first-order chi connectivity index (χ1) is 10.8. The smallest absolute Gasteiger partial charge is 0.252 e. The fourth-order valence-electron chi connectivity index (χ4n) is 2.70. The Labute approximate surface area is 130 Å². The number of pyridine rings is 1. The van der Waals surface area contributed by atoms with Crippen LogP contribution in [0.2, 0.25) is 0 Å². The number of piperidine rings is 1. The number of aryl methyl sites for hydroxylation is 1. The van der Waals surface area contributed by atoms with Gasteiger partial charge in [0.2, 0.25) is 0 Å². The highest BCUT2D eigenvalue weighted by Gasteiger charge is 2.21. The maximum Gasteiger partial charge on any atom is 0.252 e. The molecule has 1 fully saturated rings. The molecular weight excluding hydrogens is 280 g/mol. The molecule has 0 saturated carbocycles. The monoisotopic (exact) mass is 302 g/mol. The van der Waals surface area contributed by atoms with Gasteiger partial charge in [0.15, 0.2) is 5.82 Å². The van der Waals surface area contributed by atoms with Crippen LogP contribution in [-0.2, 0) is 24.3 Å². The summed E-state index contributed by atoms with van der Waals surface area (Å²) in [5, 5.41) is 3.88. The van der Waals surface area contributed by atoms with Crippen molar-refractivity contribution in [3.05, 3.63) is 41.8 Å². The summed E-state index contributed by atoms with van der Waals surface area (Å²) in [6, 6.07) is 6.04. The van der Waals surface area contributed by atoms with E-state index in [-0.39, 0.29) is 6.10 Å². The summed E-state index contributed by atoms with van der Waals surface area (Å²) in [6.07, 6.45) is 5.06. The lowest BCUT2D eigenvalue weighted by atomic mass is 10.1. The molecule has 0 aromatic carbocycles. The maximum absolute atomic E-state index is 5.94. The largest absolute Gasteiger partial charge is 0.367 e. The minimum absolute atomic E-state index is 0.217. The Bertz CT molecular complexity index is 573. The molecule has 1 saturated heterocycles. The van der Waals surface area contributed by atoms with E-state index in [0.717, 1.165) is 50.4 Å². The first-order valence-corrected chi connectivity index (χ1v) is 7.89. The van der Waals surface area contributed by atoms with Gasteiger partial charge >= 0.3 is 0 Å². The predicted octanol–water partition coefficient (Wildman–Crippen LogP) is 2.21. The molecule has 118 valence electrons. The van der Waals surface area contributed by atoms with Crippen molar-refractivity contribution in [2.75, 3.05) is 13.1 Å². The van der Waals surface area contributed by atoms with Crippen LogP contribution in [0.5, 0.6) is 0 Å². The van der Waals surface area contributed by atoms with Crippen molar-refractivity contribution in [1.82, 2.24) is 20.0 Å². The third kappa shape index (κ3) is 4.11. The lowest BCUT2D eigenvalue weighted by molar-refractivity contribution is -0.0213. The molecule has 6 nitrogen and oxygen atoms in total. The molecule has 0 spiro atoms. The van der Waals surface area contributed by atoms with E-state index >= 15 is 0 Å². The van der Waals surface area contributed by atoms with Crippen LogP contribution in [0.4, 0.5) is 0 Å². The van der Waals surface area contributed by atoms with Crippen LogP contribution in [0.15, 0.2) is 28.9 Å². The van der Waals surface area contributed by atoms with Crippen LogP contribution in [0.1, 0.15) is 37.2 Å². The van der Waals surface area contributed by atoms with E-state index in [0.29, 0.717) is 12.5 Å². The van der Waals surface area contributed by atoms with E-state index in [9.17, 15) is 0 Å². The summed E-state index contributed by atoms with van der Waals surface area (Å²) in [4.78, 5) is 11.1. The van der Waals surface area contributed by atoms with Crippen LogP contribution in [0, 0.1) is 0 Å². The molecule has 0 bridgehead atoms. The van der Waals surface area contributed by atoms with Crippen molar-refractivity contribution >= 4 is 0 Å². The van der Waals surface area contributed by atoms with Gasteiger partial charge in [-0.25, -0.2) is 0 Å². The standard InChI is InChI=1S/C16H22N4O2/c1-2-15-18-16(22-19-15)12-21-14-7-5-9-20(11-14)10-13-6-3-4-8-17-13/h3-4,6,8,14H,2,5,7,9-12H2,1H3/t14-/m0/s1. The van der Waals surface area contributed by atoms with Gasteiger partial charge in [0.1, 0.15) is 6.61 Å². The van der Waals surface area contributed by atoms with Crippen LogP contribution in [-0.4, -0.2) is 39.2 Å². The average molecular weight is 302 g/mol. The topological polar surface area (TPSA) is 64.3 Å². The van der Waals surface area contributed by atoms with Crippen molar-refractivity contribution in [3.63, 3.8) is 0 Å². The van der Waals surface area contributed by atoms with Gasteiger partial charge in [-0.05, 0) is 31.5 Å². The molecule has 3 heterocycles. The molecule has 3 rings (SSSR count). The summed E-state index contributed by atoms with van der Waals surface area (Å²) in [5.41, 5.74) is 1.10. The Kier molecular flexibility index (Phi) is 5.13. The highest BCUT2D eigenvalue weighted by molar-refractivity contribution is 5.03. The highest BCUT2D eigenvalue weighted by Crippen LogP contribution is 2.16. The van der Waals surface area contributed by atoms with E-state index < -0.39 is 0 Å². The van der Waals surface area contributed by atoms with Gasteiger partial charge in [-0.3, -0.25) is 9.88 Å². The van der Waals surface area contributed by atoms with Gasteiger partial charge in [-0.15, -0.1) is 0 Å². The quantitative estimate of drug-likeness (QED) is 0.815. The summed E-state index contributed by atoms with van der Waals surface area (Å²) in [5.74, 6) is 1.30. The van der Waals surface area contributed by atoms with Gasteiger partial charge < -0.3 is 9.26 Å². The minimum atomic E-state index is 0.217. The molecule has 2 aromatic rings. The molecule has 0 N–H and O–H groups in total. The predicted molar refractivity (Wildman–Crippen MR) is 81.0 cm³/mol. The molecule has 1 aliphatic rings. The van der Waals surface area contributed by atoms with Crippen molar-refractivity contribution < 1.29 is 9.26 Å². The molecule has 1 aliphatic heterocycles. The SMILES string of the molecule is CCc1noc(CO[C@H]2CCCN(Cc3ccccn3)C2)n1. The third-order valence-electron chi connectivity index (χ3n) is 3.84. The molecule has 0 aliphatic carbocycles. The minimum Gasteiger partial charge on any atom is -0.367 e. The molecule has 2 aromatic heterocycles. The summed E-state index contributed by atoms with van der Waals surface area (Å²) in [7, 11) is 0. The summed E-state index contributed by atoms with van der Waals surface area (Å²) >= 11 is 0. The molecule has 6 heteroatoms. The van der Waals surface area contributed by atoms with E-state index in [1.54, 1.807) is 0 Å². The van der Waals surface area contributed by atoms with Crippen molar-refractivity contribution in [2.45, 2.75) is 45.4 Å². The number of hydrogen-bond acceptors (Lipinski definition) is 6. The van der Waals surface area contributed by atoms with Crippen molar-refractivity contribution in [2.24, 2.45) is 0 Å². The lowest BCUT2D eigenvalue weighted by Gasteiger charge is -2.32. The number of aromatic nitrogens is 3. The fraction of sp³-hybridized carbons (Fsp3) is 0.562. The molecule has 22 heavy (non-hydrogen) atoms. The zero-order valence-electron chi connectivity index (χ0n) is 12.9. The first kappa shape index (κ1) is 15.1. The molecule has 0 unspecified atom stereocenters. The second-order valence-corrected chi connectivity index (χ2v) is 5.59. The maximum atomic E-state index is 5.94. The normalized spacial score (nSPS) is 19.4. The number of hydrogen-bond donors (Lipinski definition) is 0. The second-order valence-electron chi connectivity index (χ2n) is 5.59.